The van der Waals surface area contributed by atoms with E-state index in [1.165, 1.54) is 10.5 Å². The third-order valence-corrected chi connectivity index (χ3v) is 4.07. The van der Waals surface area contributed by atoms with Gasteiger partial charge in [-0.1, -0.05) is 43.3 Å². The van der Waals surface area contributed by atoms with Gasteiger partial charge in [0.15, 0.2) is 0 Å². The minimum atomic E-state index is -0.871. The van der Waals surface area contributed by atoms with Gasteiger partial charge in [-0.15, -0.1) is 11.8 Å². The molecule has 0 aliphatic carbocycles. The highest BCUT2D eigenvalue weighted by Gasteiger charge is 2.18. The maximum atomic E-state index is 11.3. The number of aromatic carboxylic acids is 1. The number of hydrogen-bond acceptors (Lipinski definition) is 2. The van der Waals surface area contributed by atoms with Crippen molar-refractivity contribution >= 4 is 17.7 Å². The van der Waals surface area contributed by atoms with Gasteiger partial charge in [0.2, 0.25) is 0 Å². The topological polar surface area (TPSA) is 37.3 Å². The minimum Gasteiger partial charge on any atom is -0.478 e. The van der Waals surface area contributed by atoms with Gasteiger partial charge in [-0.25, -0.2) is 4.79 Å². The summed E-state index contributed by atoms with van der Waals surface area (Å²) < 4.78 is 0. The average Bonchev–Trinajstić information content (AvgIpc) is 2.46. The Hall–Kier alpha value is -1.74. The highest BCUT2D eigenvalue weighted by molar-refractivity contribution is 7.98. The third kappa shape index (κ3) is 2.82. The molecular formula is C16H16O2S. The molecule has 2 aromatic carbocycles. The molecule has 1 N–H and O–H groups in total. The summed E-state index contributed by atoms with van der Waals surface area (Å²) in [5, 5.41) is 9.28. The molecule has 2 aromatic rings. The summed E-state index contributed by atoms with van der Waals surface area (Å²) in [6.45, 7) is 2.05. The number of carboxylic acid groups (broad SMARTS) is 1. The van der Waals surface area contributed by atoms with Gasteiger partial charge in [0.1, 0.15) is 0 Å². The van der Waals surface area contributed by atoms with Crippen LogP contribution in [0.3, 0.4) is 0 Å². The molecule has 0 saturated carbocycles. The second kappa shape index (κ2) is 5.93. The maximum Gasteiger partial charge on any atom is 0.335 e. The molecule has 0 radical (unpaired) electrons. The number of hydrogen-bond donors (Lipinski definition) is 1. The molecular weight excluding hydrogens is 256 g/mol. The molecule has 2 rings (SSSR count). The van der Waals surface area contributed by atoms with Crippen molar-refractivity contribution in [2.24, 2.45) is 0 Å². The van der Waals surface area contributed by atoms with Crippen molar-refractivity contribution in [3.63, 3.8) is 0 Å². The lowest BCUT2D eigenvalue weighted by atomic mass is 9.89. The predicted molar refractivity (Wildman–Crippen MR) is 79.1 cm³/mol. The van der Waals surface area contributed by atoms with Crippen molar-refractivity contribution in [1.82, 2.24) is 0 Å². The first-order valence-electron chi connectivity index (χ1n) is 6.10. The fourth-order valence-electron chi connectivity index (χ4n) is 2.26. The van der Waals surface area contributed by atoms with Crippen LogP contribution >= 0.6 is 11.8 Å². The first-order chi connectivity index (χ1) is 9.15. The lowest BCUT2D eigenvalue weighted by molar-refractivity contribution is 0.0695. The van der Waals surface area contributed by atoms with Gasteiger partial charge >= 0.3 is 5.97 Å². The van der Waals surface area contributed by atoms with Crippen LogP contribution in [0.25, 0.3) is 0 Å². The second-order valence-electron chi connectivity index (χ2n) is 4.36. The van der Waals surface area contributed by atoms with E-state index in [-0.39, 0.29) is 5.92 Å². The van der Waals surface area contributed by atoms with Crippen LogP contribution < -0.4 is 0 Å². The van der Waals surface area contributed by atoms with Crippen molar-refractivity contribution in [2.45, 2.75) is 17.7 Å². The summed E-state index contributed by atoms with van der Waals surface area (Å²) in [6, 6.07) is 15.3. The number of benzene rings is 2. The summed E-state index contributed by atoms with van der Waals surface area (Å²) in [4.78, 5) is 12.5. The number of carboxylic acids is 1. The highest BCUT2D eigenvalue weighted by Crippen LogP contribution is 2.33. The van der Waals surface area contributed by atoms with Crippen LogP contribution in [0.2, 0.25) is 0 Å². The van der Waals surface area contributed by atoms with Crippen LogP contribution in [0, 0.1) is 0 Å². The van der Waals surface area contributed by atoms with Gasteiger partial charge in [-0.3, -0.25) is 0 Å². The normalized spacial score (nSPS) is 12.1. The number of thioether (sulfide) groups is 1. The van der Waals surface area contributed by atoms with E-state index in [0.717, 1.165) is 5.56 Å². The van der Waals surface area contributed by atoms with E-state index in [0.29, 0.717) is 5.56 Å². The Bertz CT molecular complexity index is 593. The Morgan fingerprint density at radius 1 is 1.05 bits per heavy atom. The zero-order valence-corrected chi connectivity index (χ0v) is 11.8. The largest absolute Gasteiger partial charge is 0.478 e. The van der Waals surface area contributed by atoms with Gasteiger partial charge < -0.3 is 5.11 Å². The van der Waals surface area contributed by atoms with Gasteiger partial charge in [-0.05, 0) is 29.5 Å². The van der Waals surface area contributed by atoms with Gasteiger partial charge in [0.05, 0.1) is 5.56 Å². The Morgan fingerprint density at radius 2 is 1.63 bits per heavy atom. The molecule has 2 nitrogen and oxygen atoms in total. The molecule has 0 aromatic heterocycles. The predicted octanol–water partition coefficient (Wildman–Crippen LogP) is 4.26. The van der Waals surface area contributed by atoms with Gasteiger partial charge in [0, 0.05) is 10.8 Å². The molecule has 0 saturated heterocycles. The molecule has 19 heavy (non-hydrogen) atoms. The van der Waals surface area contributed by atoms with E-state index in [4.69, 9.17) is 0 Å². The van der Waals surface area contributed by atoms with Gasteiger partial charge in [0.25, 0.3) is 0 Å². The van der Waals surface area contributed by atoms with E-state index in [9.17, 15) is 9.90 Å². The lowest BCUT2D eigenvalue weighted by Gasteiger charge is -2.17. The van der Waals surface area contributed by atoms with Crippen LogP contribution in [-0.4, -0.2) is 17.3 Å². The van der Waals surface area contributed by atoms with Crippen LogP contribution in [0.15, 0.2) is 53.4 Å². The van der Waals surface area contributed by atoms with E-state index >= 15 is 0 Å². The zero-order valence-electron chi connectivity index (χ0n) is 11.0. The summed E-state index contributed by atoms with van der Waals surface area (Å²) in [6.07, 6.45) is 2.04. The van der Waals surface area contributed by atoms with Crippen LogP contribution in [-0.2, 0) is 0 Å². The standard InChI is InChI=1S/C16H16O2S/c1-11(13-8-5-6-10-15(13)19-2)12-7-3-4-9-14(12)16(17)18/h3-11H,1-2H3,(H,17,18). The average molecular weight is 272 g/mol. The van der Waals surface area contributed by atoms with Crippen LogP contribution in [0.1, 0.15) is 34.3 Å². The van der Waals surface area contributed by atoms with Crippen molar-refractivity contribution in [3.8, 4) is 0 Å². The van der Waals surface area contributed by atoms with E-state index in [2.05, 4.69) is 19.1 Å². The summed E-state index contributed by atoms with van der Waals surface area (Å²) >= 11 is 1.69. The van der Waals surface area contributed by atoms with E-state index in [1.54, 1.807) is 23.9 Å². The maximum absolute atomic E-state index is 11.3. The fourth-order valence-corrected chi connectivity index (χ4v) is 2.96. The molecule has 98 valence electrons. The summed E-state index contributed by atoms with van der Waals surface area (Å²) in [5.41, 5.74) is 2.41. The Kier molecular flexibility index (Phi) is 4.27. The smallest absolute Gasteiger partial charge is 0.335 e. The molecule has 3 heteroatoms. The lowest BCUT2D eigenvalue weighted by Crippen LogP contribution is -2.06. The Labute approximate surface area is 117 Å². The van der Waals surface area contributed by atoms with Crippen molar-refractivity contribution < 1.29 is 9.90 Å². The Morgan fingerprint density at radius 3 is 2.26 bits per heavy atom. The van der Waals surface area contributed by atoms with Crippen molar-refractivity contribution in [2.75, 3.05) is 6.26 Å². The van der Waals surface area contributed by atoms with Crippen molar-refractivity contribution in [3.05, 3.63) is 65.2 Å². The quantitative estimate of drug-likeness (QED) is 0.845. The number of carbonyl (C=O) groups is 1. The fraction of sp³-hybridized carbons (Fsp3) is 0.188. The molecule has 0 aliphatic rings. The summed E-state index contributed by atoms with van der Waals surface area (Å²) in [7, 11) is 0. The van der Waals surface area contributed by atoms with Crippen molar-refractivity contribution in [1.29, 1.82) is 0 Å². The Balaban J connectivity index is 2.50. The molecule has 0 aliphatic heterocycles. The van der Waals surface area contributed by atoms with E-state index in [1.807, 2.05) is 30.5 Å². The first-order valence-corrected chi connectivity index (χ1v) is 7.32. The minimum absolute atomic E-state index is 0.0657. The molecule has 0 spiro atoms. The molecule has 0 fully saturated rings. The first kappa shape index (κ1) is 13.7. The number of rotatable bonds is 4. The third-order valence-electron chi connectivity index (χ3n) is 3.26. The SMILES string of the molecule is CSc1ccccc1C(C)c1ccccc1C(=O)O. The van der Waals surface area contributed by atoms with Gasteiger partial charge in [-0.2, -0.15) is 0 Å². The van der Waals surface area contributed by atoms with Crippen LogP contribution in [0.5, 0.6) is 0 Å². The molecule has 0 heterocycles. The highest BCUT2D eigenvalue weighted by atomic mass is 32.2. The molecule has 1 atom stereocenters. The molecule has 0 amide bonds. The van der Waals surface area contributed by atoms with Crippen LogP contribution in [0.4, 0.5) is 0 Å². The monoisotopic (exact) mass is 272 g/mol. The zero-order chi connectivity index (χ0) is 13.8. The molecule has 1 unspecified atom stereocenters. The van der Waals surface area contributed by atoms with E-state index < -0.39 is 5.97 Å². The second-order valence-corrected chi connectivity index (χ2v) is 5.20. The molecule has 0 bridgehead atoms. The summed E-state index contributed by atoms with van der Waals surface area (Å²) in [5.74, 6) is -0.806.